The number of nitrogen functional groups attached to an aromatic ring is 1. The third-order valence-corrected chi connectivity index (χ3v) is 4.17. The smallest absolute Gasteiger partial charge is 0.238 e. The molecule has 1 aliphatic rings. The number of hydrogen-bond donors (Lipinski definition) is 2. The van der Waals surface area contributed by atoms with E-state index in [1.807, 2.05) is 0 Å². The van der Waals surface area contributed by atoms with Crippen molar-refractivity contribution in [3.05, 3.63) is 24.0 Å². The molecule has 1 unspecified atom stereocenters. The zero-order chi connectivity index (χ0) is 15.2. The van der Waals surface area contributed by atoms with E-state index in [0.29, 0.717) is 12.2 Å². The first-order valence-corrected chi connectivity index (χ1v) is 7.65. The Hall–Kier alpha value is -1.62. The molecule has 0 aromatic heterocycles. The van der Waals surface area contributed by atoms with Gasteiger partial charge in [0.05, 0.1) is 17.9 Å². The van der Waals surface area contributed by atoms with Gasteiger partial charge in [-0.2, -0.15) is 0 Å². The van der Waals surface area contributed by atoms with Gasteiger partial charge in [-0.05, 0) is 56.5 Å². The number of nitrogens with zero attached hydrogens (tertiary/aromatic N) is 1. The van der Waals surface area contributed by atoms with Crippen molar-refractivity contribution >= 4 is 17.3 Å². The molecular weight excluding hydrogens is 269 g/mol. The Balaban J connectivity index is 1.86. The third-order valence-electron chi connectivity index (χ3n) is 4.17. The minimum Gasteiger partial charge on any atom is -0.397 e. The maximum Gasteiger partial charge on any atom is 0.238 e. The molecule has 1 aromatic rings. The summed E-state index contributed by atoms with van der Waals surface area (Å²) in [7, 11) is 0. The lowest BCUT2D eigenvalue weighted by Crippen LogP contribution is -2.34. The first-order chi connectivity index (χ1) is 10.1. The van der Waals surface area contributed by atoms with Crippen molar-refractivity contribution in [2.24, 2.45) is 5.92 Å². The van der Waals surface area contributed by atoms with Gasteiger partial charge < -0.3 is 11.1 Å². The van der Waals surface area contributed by atoms with Crippen LogP contribution in [0.4, 0.5) is 15.8 Å². The van der Waals surface area contributed by atoms with Crippen LogP contribution in [0.25, 0.3) is 0 Å². The number of likely N-dealkylation sites (tertiary alicyclic amines) is 1. The minimum atomic E-state index is -0.399. The zero-order valence-electron chi connectivity index (χ0n) is 12.6. The Kier molecular flexibility index (Phi) is 5.56. The summed E-state index contributed by atoms with van der Waals surface area (Å²) in [5, 5.41) is 2.76. The van der Waals surface area contributed by atoms with Gasteiger partial charge in [0.1, 0.15) is 5.82 Å². The number of rotatable bonds is 4. The summed E-state index contributed by atoms with van der Waals surface area (Å²) in [5.74, 6) is 0.290. The third kappa shape index (κ3) is 4.70. The Morgan fingerprint density at radius 3 is 2.95 bits per heavy atom. The molecular formula is C16H24FN3O. The quantitative estimate of drug-likeness (QED) is 0.839. The Morgan fingerprint density at radius 2 is 2.24 bits per heavy atom. The van der Waals surface area contributed by atoms with Crippen molar-refractivity contribution in [3.63, 3.8) is 0 Å². The molecule has 0 saturated carbocycles. The van der Waals surface area contributed by atoms with Crippen molar-refractivity contribution in [1.82, 2.24) is 4.90 Å². The fourth-order valence-corrected chi connectivity index (χ4v) is 2.83. The van der Waals surface area contributed by atoms with Gasteiger partial charge in [0.2, 0.25) is 5.91 Å². The normalized spacial score (nSPS) is 20.0. The Morgan fingerprint density at radius 1 is 1.43 bits per heavy atom. The lowest BCUT2D eigenvalue weighted by atomic mass is 9.98. The van der Waals surface area contributed by atoms with E-state index in [9.17, 15) is 9.18 Å². The summed E-state index contributed by atoms with van der Waals surface area (Å²) < 4.78 is 13.0. The molecule has 1 aliphatic heterocycles. The molecule has 1 amide bonds. The van der Waals surface area contributed by atoms with Gasteiger partial charge in [-0.25, -0.2) is 4.39 Å². The van der Waals surface area contributed by atoms with Gasteiger partial charge in [0.15, 0.2) is 0 Å². The SMILES string of the molecule is CCC1CCCN(CC(=O)Nc2ccc(F)cc2N)CC1. The first-order valence-electron chi connectivity index (χ1n) is 7.65. The second-order valence-corrected chi connectivity index (χ2v) is 5.76. The standard InChI is InChI=1S/C16H24FN3O/c1-2-12-4-3-8-20(9-7-12)11-16(21)19-15-6-5-13(17)10-14(15)18/h5-6,10,12H,2-4,7-9,11,18H2,1H3,(H,19,21). The molecule has 5 heteroatoms. The number of halogens is 1. The monoisotopic (exact) mass is 293 g/mol. The van der Waals surface area contributed by atoms with Crippen LogP contribution in [0.15, 0.2) is 18.2 Å². The van der Waals surface area contributed by atoms with Crippen LogP contribution in [-0.2, 0) is 4.79 Å². The zero-order valence-corrected chi connectivity index (χ0v) is 12.6. The number of carbonyl (C=O) groups is 1. The molecule has 1 atom stereocenters. The van der Waals surface area contributed by atoms with Gasteiger partial charge in [-0.15, -0.1) is 0 Å². The summed E-state index contributed by atoms with van der Waals surface area (Å²) in [6.07, 6.45) is 4.76. The molecule has 0 spiro atoms. The van der Waals surface area contributed by atoms with Crippen LogP contribution in [0.2, 0.25) is 0 Å². The van der Waals surface area contributed by atoms with Crippen LogP contribution in [0.5, 0.6) is 0 Å². The summed E-state index contributed by atoms with van der Waals surface area (Å²) in [6.45, 7) is 4.52. The number of nitrogens with one attached hydrogen (secondary N) is 1. The Bertz CT molecular complexity index is 492. The molecule has 1 fully saturated rings. The minimum absolute atomic E-state index is 0.0942. The van der Waals surface area contributed by atoms with Crippen molar-refractivity contribution in [2.75, 3.05) is 30.7 Å². The van der Waals surface area contributed by atoms with E-state index < -0.39 is 5.82 Å². The van der Waals surface area contributed by atoms with Gasteiger partial charge in [0.25, 0.3) is 0 Å². The van der Waals surface area contributed by atoms with Gasteiger partial charge in [0, 0.05) is 0 Å². The van der Waals surface area contributed by atoms with Crippen LogP contribution in [0.1, 0.15) is 32.6 Å². The summed E-state index contributed by atoms with van der Waals surface area (Å²) in [6, 6.07) is 4.01. The molecule has 1 heterocycles. The second kappa shape index (κ2) is 7.41. The molecule has 116 valence electrons. The van der Waals surface area contributed by atoms with Crippen molar-refractivity contribution < 1.29 is 9.18 Å². The molecule has 4 nitrogen and oxygen atoms in total. The van der Waals surface area contributed by atoms with Crippen molar-refractivity contribution in [3.8, 4) is 0 Å². The van der Waals surface area contributed by atoms with Crippen LogP contribution < -0.4 is 11.1 Å². The predicted molar refractivity (Wildman–Crippen MR) is 83.5 cm³/mol. The summed E-state index contributed by atoms with van der Waals surface area (Å²) in [4.78, 5) is 14.3. The Labute approximate surface area is 125 Å². The topological polar surface area (TPSA) is 58.4 Å². The number of carbonyl (C=O) groups excluding carboxylic acids is 1. The number of nitrogens with two attached hydrogens (primary N) is 1. The van der Waals surface area contributed by atoms with Crippen LogP contribution >= 0.6 is 0 Å². The molecule has 3 N–H and O–H groups in total. The highest BCUT2D eigenvalue weighted by molar-refractivity contribution is 5.95. The lowest BCUT2D eigenvalue weighted by Gasteiger charge is -2.19. The van der Waals surface area contributed by atoms with E-state index in [4.69, 9.17) is 5.73 Å². The fourth-order valence-electron chi connectivity index (χ4n) is 2.83. The van der Waals surface area contributed by atoms with E-state index >= 15 is 0 Å². The summed E-state index contributed by atoms with van der Waals surface area (Å²) in [5.41, 5.74) is 6.43. The average Bonchev–Trinajstić information content (AvgIpc) is 2.67. The predicted octanol–water partition coefficient (Wildman–Crippen LogP) is 2.86. The molecule has 0 bridgehead atoms. The lowest BCUT2D eigenvalue weighted by molar-refractivity contribution is -0.117. The molecule has 0 aliphatic carbocycles. The van der Waals surface area contributed by atoms with Crippen molar-refractivity contribution in [1.29, 1.82) is 0 Å². The maximum atomic E-state index is 13.0. The van der Waals surface area contributed by atoms with Crippen LogP contribution in [-0.4, -0.2) is 30.4 Å². The highest BCUT2D eigenvalue weighted by Gasteiger charge is 2.18. The van der Waals surface area contributed by atoms with E-state index in [1.54, 1.807) is 0 Å². The first kappa shape index (κ1) is 15.8. The van der Waals surface area contributed by atoms with Gasteiger partial charge in [-0.1, -0.05) is 13.3 Å². The average molecular weight is 293 g/mol. The maximum absolute atomic E-state index is 13.0. The molecule has 1 saturated heterocycles. The highest BCUT2D eigenvalue weighted by atomic mass is 19.1. The van der Waals surface area contributed by atoms with E-state index in [-0.39, 0.29) is 11.6 Å². The number of hydrogen-bond acceptors (Lipinski definition) is 3. The van der Waals surface area contributed by atoms with E-state index in [1.165, 1.54) is 31.0 Å². The van der Waals surface area contributed by atoms with E-state index in [2.05, 4.69) is 17.1 Å². The molecule has 0 radical (unpaired) electrons. The highest BCUT2D eigenvalue weighted by Crippen LogP contribution is 2.21. The summed E-state index contributed by atoms with van der Waals surface area (Å²) >= 11 is 0. The fraction of sp³-hybridized carbons (Fsp3) is 0.562. The van der Waals surface area contributed by atoms with Gasteiger partial charge in [-0.3, -0.25) is 9.69 Å². The molecule has 21 heavy (non-hydrogen) atoms. The molecule has 1 aromatic carbocycles. The number of amides is 1. The van der Waals surface area contributed by atoms with Crippen molar-refractivity contribution in [2.45, 2.75) is 32.6 Å². The number of benzene rings is 1. The molecule has 2 rings (SSSR count). The van der Waals surface area contributed by atoms with Crippen LogP contribution in [0.3, 0.4) is 0 Å². The number of anilines is 2. The largest absolute Gasteiger partial charge is 0.397 e. The van der Waals surface area contributed by atoms with Gasteiger partial charge >= 0.3 is 0 Å². The second-order valence-electron chi connectivity index (χ2n) is 5.76. The van der Waals surface area contributed by atoms with E-state index in [0.717, 1.165) is 31.8 Å². The van der Waals surface area contributed by atoms with Crippen LogP contribution in [0, 0.1) is 11.7 Å².